The molecule has 0 aromatic heterocycles. The molecule has 1 fully saturated rings. The van der Waals surface area contributed by atoms with Gasteiger partial charge in [0.05, 0.1) is 17.9 Å². The zero-order chi connectivity index (χ0) is 18.1. The number of hydrogen-bond donors (Lipinski definition) is 0. The quantitative estimate of drug-likeness (QED) is 0.722. The van der Waals surface area contributed by atoms with Crippen LogP contribution in [0.15, 0.2) is 38.4 Å². The summed E-state index contributed by atoms with van der Waals surface area (Å²) in [6.07, 6.45) is 3.41. The van der Waals surface area contributed by atoms with Crippen molar-refractivity contribution in [2.24, 2.45) is 4.99 Å². The van der Waals surface area contributed by atoms with E-state index in [1.807, 2.05) is 6.92 Å². The van der Waals surface area contributed by atoms with Crippen molar-refractivity contribution in [3.63, 3.8) is 0 Å². The molecule has 0 unspecified atom stereocenters. The van der Waals surface area contributed by atoms with Gasteiger partial charge in [0, 0.05) is 37.6 Å². The van der Waals surface area contributed by atoms with Crippen molar-refractivity contribution in [1.29, 1.82) is 0 Å². The molecule has 0 bridgehead atoms. The van der Waals surface area contributed by atoms with E-state index >= 15 is 0 Å². The third-order valence-corrected chi connectivity index (χ3v) is 4.86. The summed E-state index contributed by atoms with van der Waals surface area (Å²) in [4.78, 5) is 30.8. The van der Waals surface area contributed by atoms with Gasteiger partial charge in [-0.1, -0.05) is 11.6 Å². The lowest BCUT2D eigenvalue weighted by molar-refractivity contribution is -0.136. The van der Waals surface area contributed by atoms with E-state index in [0.717, 1.165) is 24.8 Å². The summed E-state index contributed by atoms with van der Waals surface area (Å²) < 4.78 is 10.8. The molecule has 0 aromatic rings. The lowest BCUT2D eigenvalue weighted by Crippen LogP contribution is -2.36. The molecule has 2 heterocycles. The predicted octanol–water partition coefficient (Wildman–Crippen LogP) is 3.05. The van der Waals surface area contributed by atoms with Gasteiger partial charge in [-0.05, 0) is 26.2 Å². The van der Waals surface area contributed by atoms with Crippen molar-refractivity contribution in [2.45, 2.75) is 39.5 Å². The Hall–Kier alpha value is -2.08. The lowest BCUT2D eigenvalue weighted by Gasteiger charge is -2.26. The van der Waals surface area contributed by atoms with Crippen LogP contribution < -0.4 is 0 Å². The molecule has 0 atom stereocenters. The van der Waals surface area contributed by atoms with Gasteiger partial charge in [-0.15, -0.1) is 0 Å². The van der Waals surface area contributed by atoms with Crippen molar-refractivity contribution >= 4 is 29.2 Å². The van der Waals surface area contributed by atoms with Gasteiger partial charge < -0.3 is 14.4 Å². The highest BCUT2D eigenvalue weighted by Gasteiger charge is 2.38. The van der Waals surface area contributed by atoms with E-state index in [1.54, 1.807) is 4.90 Å². The van der Waals surface area contributed by atoms with Gasteiger partial charge in [0.15, 0.2) is 11.5 Å². The number of fused-ring (bicyclic) bond motifs is 1. The minimum Gasteiger partial charge on any atom is -0.495 e. The number of aliphatic imine (C=N–C) groups is 1. The van der Waals surface area contributed by atoms with Crippen molar-refractivity contribution in [1.82, 2.24) is 4.90 Å². The smallest absolute Gasteiger partial charge is 0.308 e. The number of methoxy groups -OCH3 is 1. The fourth-order valence-electron chi connectivity index (χ4n) is 3.45. The van der Waals surface area contributed by atoms with Gasteiger partial charge in [0.1, 0.15) is 5.76 Å². The van der Waals surface area contributed by atoms with E-state index in [2.05, 4.69) is 4.99 Å². The van der Waals surface area contributed by atoms with Crippen molar-refractivity contribution < 1.29 is 19.1 Å². The van der Waals surface area contributed by atoms with E-state index in [4.69, 9.17) is 21.1 Å². The Balaban J connectivity index is 2.06. The Labute approximate surface area is 151 Å². The molecular formula is C18H21ClN2O4. The molecule has 3 rings (SSSR count). The highest BCUT2D eigenvalue weighted by Crippen LogP contribution is 2.40. The molecule has 1 saturated heterocycles. The van der Waals surface area contributed by atoms with Crippen LogP contribution in [0.4, 0.5) is 0 Å². The molecule has 0 spiro atoms. The number of halogens is 1. The van der Waals surface area contributed by atoms with Crippen LogP contribution in [0.1, 0.15) is 39.5 Å². The summed E-state index contributed by atoms with van der Waals surface area (Å²) in [6, 6.07) is 0. The van der Waals surface area contributed by atoms with E-state index in [1.165, 1.54) is 14.0 Å². The van der Waals surface area contributed by atoms with Crippen LogP contribution in [-0.4, -0.2) is 42.7 Å². The van der Waals surface area contributed by atoms with Crippen molar-refractivity contribution in [2.75, 3.05) is 20.2 Å². The normalized spacial score (nSPS) is 20.6. The first-order valence-corrected chi connectivity index (χ1v) is 8.76. The highest BCUT2D eigenvalue weighted by atomic mass is 35.5. The van der Waals surface area contributed by atoms with E-state index in [9.17, 15) is 9.59 Å². The second-order valence-corrected chi connectivity index (χ2v) is 6.75. The van der Waals surface area contributed by atoms with Crippen LogP contribution in [0.5, 0.6) is 0 Å². The highest BCUT2D eigenvalue weighted by molar-refractivity contribution is 6.33. The van der Waals surface area contributed by atoms with E-state index in [0.29, 0.717) is 41.6 Å². The van der Waals surface area contributed by atoms with Crippen LogP contribution in [-0.2, 0) is 19.1 Å². The third kappa shape index (κ3) is 3.23. The van der Waals surface area contributed by atoms with Crippen LogP contribution in [0.25, 0.3) is 0 Å². The first-order valence-electron chi connectivity index (χ1n) is 8.38. The number of amides is 1. The summed E-state index contributed by atoms with van der Waals surface area (Å²) in [6.45, 7) is 4.53. The Morgan fingerprint density at radius 2 is 1.84 bits per heavy atom. The molecule has 25 heavy (non-hydrogen) atoms. The Morgan fingerprint density at radius 3 is 2.44 bits per heavy atom. The monoisotopic (exact) mass is 364 g/mol. The fraction of sp³-hybridized carbons (Fsp3) is 0.500. The number of esters is 1. The van der Waals surface area contributed by atoms with Gasteiger partial charge in [0.25, 0.3) is 5.91 Å². The first kappa shape index (κ1) is 17.7. The number of rotatable bonds is 3. The summed E-state index contributed by atoms with van der Waals surface area (Å²) in [5, 5.41) is 0.524. The first-order chi connectivity index (χ1) is 11.9. The second kappa shape index (κ2) is 7.04. The number of allylic oxidation sites excluding steroid dienone is 3. The van der Waals surface area contributed by atoms with Gasteiger partial charge in [-0.2, -0.15) is 0 Å². The average molecular weight is 365 g/mol. The summed E-state index contributed by atoms with van der Waals surface area (Å²) >= 11 is 6.29. The Kier molecular flexibility index (Phi) is 4.99. The molecule has 1 amide bonds. The van der Waals surface area contributed by atoms with Crippen LogP contribution in [0.3, 0.4) is 0 Å². The zero-order valence-electron chi connectivity index (χ0n) is 14.6. The molecule has 2 aliphatic heterocycles. The maximum atomic E-state index is 12.9. The zero-order valence-corrected chi connectivity index (χ0v) is 15.4. The molecule has 0 saturated carbocycles. The fourth-order valence-corrected chi connectivity index (χ4v) is 3.79. The van der Waals surface area contributed by atoms with Gasteiger partial charge in [-0.3, -0.25) is 9.59 Å². The van der Waals surface area contributed by atoms with Crippen LogP contribution >= 0.6 is 11.6 Å². The number of carbonyl (C=O) groups is 2. The second-order valence-electron chi connectivity index (χ2n) is 6.30. The lowest BCUT2D eigenvalue weighted by atomic mass is 9.94. The maximum Gasteiger partial charge on any atom is 0.308 e. The molecule has 0 aromatic carbocycles. The molecule has 0 N–H and O–H groups in total. The van der Waals surface area contributed by atoms with Gasteiger partial charge in [0.2, 0.25) is 0 Å². The van der Waals surface area contributed by atoms with Crippen LogP contribution in [0, 0.1) is 0 Å². The molecule has 6 nitrogen and oxygen atoms in total. The van der Waals surface area contributed by atoms with Gasteiger partial charge in [-0.25, -0.2) is 4.99 Å². The SMILES string of the molecule is COC1=C(Cl)CC2=NC(C(=O)N3CCCCC3)=C(OC(C)=O)C2=C1C. The standard InChI is InChI=1S/C18H21ClN2O4/c1-10-14-13(9-12(19)16(10)24-3)20-15(17(14)25-11(2)22)18(23)21-7-5-4-6-8-21/h4-9H2,1-3H3. The number of hydrogen-bond acceptors (Lipinski definition) is 5. The van der Waals surface area contributed by atoms with E-state index < -0.39 is 5.97 Å². The molecule has 7 heteroatoms. The molecule has 0 radical (unpaired) electrons. The summed E-state index contributed by atoms with van der Waals surface area (Å²) in [5.74, 6) is 0.0600. The largest absolute Gasteiger partial charge is 0.495 e. The average Bonchev–Trinajstić information content (AvgIpc) is 2.93. The Morgan fingerprint density at radius 1 is 1.16 bits per heavy atom. The Bertz CT molecular complexity index is 755. The maximum absolute atomic E-state index is 12.9. The summed E-state index contributed by atoms with van der Waals surface area (Å²) in [5.41, 5.74) is 2.18. The van der Waals surface area contributed by atoms with Gasteiger partial charge >= 0.3 is 5.97 Å². The number of nitrogens with zero attached hydrogens (tertiary/aromatic N) is 2. The number of carbonyl (C=O) groups excluding carboxylic acids is 2. The topological polar surface area (TPSA) is 68.2 Å². The predicted molar refractivity (Wildman–Crippen MR) is 93.9 cm³/mol. The molecule has 3 aliphatic rings. The van der Waals surface area contributed by atoms with E-state index in [-0.39, 0.29) is 17.4 Å². The number of piperidine rings is 1. The molecule has 134 valence electrons. The van der Waals surface area contributed by atoms with Crippen molar-refractivity contribution in [3.05, 3.63) is 33.4 Å². The molecule has 1 aliphatic carbocycles. The molecular weight excluding hydrogens is 344 g/mol. The third-order valence-electron chi connectivity index (χ3n) is 4.56. The number of ether oxygens (including phenoxy) is 2. The number of likely N-dealkylation sites (tertiary alicyclic amines) is 1. The summed E-state index contributed by atoms with van der Waals surface area (Å²) in [7, 11) is 1.54. The minimum atomic E-state index is -0.490. The minimum absolute atomic E-state index is 0.184. The van der Waals surface area contributed by atoms with Crippen LogP contribution in [0.2, 0.25) is 0 Å². The van der Waals surface area contributed by atoms with Crippen molar-refractivity contribution in [3.8, 4) is 0 Å².